The molecule has 1 aromatic heterocycles. The van der Waals surface area contributed by atoms with Gasteiger partial charge in [-0.1, -0.05) is 6.92 Å². The van der Waals surface area contributed by atoms with Crippen molar-refractivity contribution in [3.63, 3.8) is 0 Å². The van der Waals surface area contributed by atoms with Crippen LogP contribution in [-0.4, -0.2) is 27.3 Å². The zero-order valence-corrected chi connectivity index (χ0v) is 11.9. The molecule has 90 valence electrons. The van der Waals surface area contributed by atoms with Gasteiger partial charge in [-0.25, -0.2) is 0 Å². The van der Waals surface area contributed by atoms with Crippen molar-refractivity contribution in [3.05, 3.63) is 15.9 Å². The number of nitrogens with zero attached hydrogens (tertiary/aromatic N) is 3. The van der Waals surface area contributed by atoms with E-state index in [0.717, 1.165) is 18.3 Å². The third-order valence-electron chi connectivity index (χ3n) is 3.58. The van der Waals surface area contributed by atoms with Crippen molar-refractivity contribution in [1.82, 2.24) is 14.7 Å². The molecule has 1 aliphatic heterocycles. The summed E-state index contributed by atoms with van der Waals surface area (Å²) in [5.41, 5.74) is 2.39. The molecule has 1 unspecified atom stereocenters. The Bertz CT molecular complexity index is 373. The van der Waals surface area contributed by atoms with Crippen LogP contribution in [-0.2, 0) is 13.6 Å². The Morgan fingerprint density at radius 3 is 2.81 bits per heavy atom. The first-order valence-electron chi connectivity index (χ1n) is 6.05. The predicted molar refractivity (Wildman–Crippen MR) is 69.4 cm³/mol. The number of likely N-dealkylation sites (tertiary alicyclic amines) is 1. The molecule has 0 radical (unpaired) electrons. The molecular weight excluding hydrogens is 266 g/mol. The lowest BCUT2D eigenvalue weighted by molar-refractivity contribution is 0.233. The maximum absolute atomic E-state index is 4.45. The van der Waals surface area contributed by atoms with Gasteiger partial charge in [0.15, 0.2) is 0 Å². The van der Waals surface area contributed by atoms with E-state index in [2.05, 4.69) is 39.8 Å². The van der Waals surface area contributed by atoms with Gasteiger partial charge in [-0.15, -0.1) is 0 Å². The minimum atomic E-state index is 0.766. The molecule has 2 heterocycles. The number of rotatable bonds is 3. The molecule has 3 nitrogen and oxygen atoms in total. The molecule has 0 bridgehead atoms. The lowest BCUT2D eigenvalue weighted by Gasteiger charge is -2.23. The van der Waals surface area contributed by atoms with Gasteiger partial charge in [-0.3, -0.25) is 9.58 Å². The van der Waals surface area contributed by atoms with Gasteiger partial charge in [0.2, 0.25) is 0 Å². The molecule has 1 atom stereocenters. The first kappa shape index (κ1) is 12.1. The Kier molecular flexibility index (Phi) is 3.70. The van der Waals surface area contributed by atoms with Crippen molar-refractivity contribution in [1.29, 1.82) is 0 Å². The molecule has 1 saturated heterocycles. The molecule has 0 aromatic carbocycles. The van der Waals surface area contributed by atoms with E-state index in [4.69, 9.17) is 0 Å². The fourth-order valence-corrected chi connectivity index (χ4v) is 3.07. The summed E-state index contributed by atoms with van der Waals surface area (Å²) in [6, 6.07) is 0.766. The number of halogens is 1. The quantitative estimate of drug-likeness (QED) is 0.852. The average molecular weight is 286 g/mol. The van der Waals surface area contributed by atoms with Crippen molar-refractivity contribution >= 4 is 15.9 Å². The largest absolute Gasteiger partial charge is 0.295 e. The van der Waals surface area contributed by atoms with E-state index in [0.29, 0.717) is 0 Å². The topological polar surface area (TPSA) is 21.1 Å². The Morgan fingerprint density at radius 2 is 2.25 bits per heavy atom. The summed E-state index contributed by atoms with van der Waals surface area (Å²) in [5.74, 6) is 0. The highest BCUT2D eigenvalue weighted by atomic mass is 79.9. The van der Waals surface area contributed by atoms with Crippen molar-refractivity contribution in [3.8, 4) is 0 Å². The Labute approximate surface area is 106 Å². The van der Waals surface area contributed by atoms with E-state index in [1.807, 2.05) is 11.7 Å². The summed E-state index contributed by atoms with van der Waals surface area (Å²) in [6.07, 6.45) is 3.95. The molecule has 4 heteroatoms. The lowest BCUT2D eigenvalue weighted by Crippen LogP contribution is -2.29. The second kappa shape index (κ2) is 4.88. The van der Waals surface area contributed by atoms with Crippen LogP contribution in [0, 0.1) is 6.92 Å². The smallest absolute Gasteiger partial charge is 0.0739 e. The van der Waals surface area contributed by atoms with Gasteiger partial charge in [0.25, 0.3) is 0 Å². The molecule has 0 aliphatic carbocycles. The fourth-order valence-electron chi connectivity index (χ4n) is 2.61. The molecule has 0 N–H and O–H groups in total. The normalized spacial score (nSPS) is 21.9. The van der Waals surface area contributed by atoms with Crippen LogP contribution in [0.15, 0.2) is 4.47 Å². The molecule has 16 heavy (non-hydrogen) atoms. The summed E-state index contributed by atoms with van der Waals surface area (Å²) in [7, 11) is 2.03. The predicted octanol–water partition coefficient (Wildman–Crippen LogP) is 2.87. The van der Waals surface area contributed by atoms with Gasteiger partial charge in [0.05, 0.1) is 15.9 Å². The van der Waals surface area contributed by atoms with Gasteiger partial charge >= 0.3 is 0 Å². The second-order valence-electron chi connectivity index (χ2n) is 4.64. The summed E-state index contributed by atoms with van der Waals surface area (Å²) in [4.78, 5) is 2.58. The molecule has 0 spiro atoms. The minimum absolute atomic E-state index is 0.766. The van der Waals surface area contributed by atoms with E-state index in [1.54, 1.807) is 0 Å². The SMILES string of the molecule is CCC1CCCN1Cc1c(Br)c(C)nn1C. The van der Waals surface area contributed by atoms with Gasteiger partial charge < -0.3 is 0 Å². The van der Waals surface area contributed by atoms with Gasteiger partial charge in [-0.2, -0.15) is 5.10 Å². The Hall–Kier alpha value is -0.350. The monoisotopic (exact) mass is 285 g/mol. The first-order chi connectivity index (χ1) is 7.63. The van der Waals surface area contributed by atoms with Crippen molar-refractivity contribution in [2.24, 2.45) is 7.05 Å². The molecule has 1 aromatic rings. The van der Waals surface area contributed by atoms with Crippen molar-refractivity contribution < 1.29 is 0 Å². The minimum Gasteiger partial charge on any atom is -0.295 e. The molecular formula is C12H20BrN3. The molecule has 2 rings (SSSR count). The highest BCUT2D eigenvalue weighted by molar-refractivity contribution is 9.10. The summed E-state index contributed by atoms with van der Waals surface area (Å²) < 4.78 is 3.18. The highest BCUT2D eigenvalue weighted by Gasteiger charge is 2.24. The van der Waals surface area contributed by atoms with Crippen LogP contribution in [0.5, 0.6) is 0 Å². The Balaban J connectivity index is 2.14. The number of hydrogen-bond donors (Lipinski definition) is 0. The van der Waals surface area contributed by atoms with Gasteiger partial charge in [0.1, 0.15) is 0 Å². The number of hydrogen-bond acceptors (Lipinski definition) is 2. The van der Waals surface area contributed by atoms with Crippen LogP contribution in [0.3, 0.4) is 0 Å². The zero-order chi connectivity index (χ0) is 11.7. The third kappa shape index (κ3) is 2.18. The van der Waals surface area contributed by atoms with E-state index < -0.39 is 0 Å². The highest BCUT2D eigenvalue weighted by Crippen LogP contribution is 2.26. The maximum atomic E-state index is 4.45. The van der Waals surface area contributed by atoms with Crippen molar-refractivity contribution in [2.45, 2.75) is 45.7 Å². The second-order valence-corrected chi connectivity index (χ2v) is 5.44. The lowest BCUT2D eigenvalue weighted by atomic mass is 10.1. The summed E-state index contributed by atoms with van der Waals surface area (Å²) in [5, 5.41) is 4.45. The fraction of sp³-hybridized carbons (Fsp3) is 0.750. The van der Waals surface area contributed by atoms with Gasteiger partial charge in [0, 0.05) is 19.6 Å². The van der Waals surface area contributed by atoms with Crippen molar-refractivity contribution in [2.75, 3.05) is 6.54 Å². The third-order valence-corrected chi connectivity index (χ3v) is 4.62. The summed E-state index contributed by atoms with van der Waals surface area (Å²) in [6.45, 7) is 6.59. The molecule has 0 amide bonds. The van der Waals surface area contributed by atoms with Crippen LogP contribution in [0.25, 0.3) is 0 Å². The van der Waals surface area contributed by atoms with E-state index in [-0.39, 0.29) is 0 Å². The van der Waals surface area contributed by atoms with E-state index >= 15 is 0 Å². The molecule has 1 aliphatic rings. The number of aryl methyl sites for hydroxylation is 2. The van der Waals surface area contributed by atoms with Gasteiger partial charge in [-0.05, 0) is 48.7 Å². The molecule has 1 fully saturated rings. The summed E-state index contributed by atoms with van der Waals surface area (Å²) >= 11 is 3.64. The maximum Gasteiger partial charge on any atom is 0.0739 e. The number of aromatic nitrogens is 2. The Morgan fingerprint density at radius 1 is 1.50 bits per heavy atom. The molecule has 0 saturated carbocycles. The van der Waals surface area contributed by atoms with Crippen LogP contribution in [0.2, 0.25) is 0 Å². The standard InChI is InChI=1S/C12H20BrN3/c1-4-10-6-5-7-16(10)8-11-12(13)9(2)14-15(11)3/h10H,4-8H2,1-3H3. The zero-order valence-electron chi connectivity index (χ0n) is 10.3. The average Bonchev–Trinajstić information content (AvgIpc) is 2.79. The van der Waals surface area contributed by atoms with Crippen LogP contribution in [0.1, 0.15) is 37.6 Å². The van der Waals surface area contributed by atoms with Crippen LogP contribution in [0.4, 0.5) is 0 Å². The van der Waals surface area contributed by atoms with E-state index in [9.17, 15) is 0 Å². The van der Waals surface area contributed by atoms with Crippen LogP contribution >= 0.6 is 15.9 Å². The first-order valence-corrected chi connectivity index (χ1v) is 6.84. The van der Waals surface area contributed by atoms with Crippen LogP contribution < -0.4 is 0 Å². The van der Waals surface area contributed by atoms with E-state index in [1.165, 1.54) is 36.0 Å².